The molecule has 4 heteroatoms. The Bertz CT molecular complexity index is 738. The van der Waals surface area contributed by atoms with E-state index < -0.39 is 0 Å². The number of pyridine rings is 1. The molecule has 0 unspecified atom stereocenters. The summed E-state index contributed by atoms with van der Waals surface area (Å²) in [6.45, 7) is 0. The van der Waals surface area contributed by atoms with Gasteiger partial charge in [0.1, 0.15) is 11.6 Å². The molecular formula is C15H14N4. The summed E-state index contributed by atoms with van der Waals surface area (Å²) in [5.41, 5.74) is 8.93. The predicted octanol–water partition coefficient (Wildman–Crippen LogP) is 3.02. The van der Waals surface area contributed by atoms with Crippen molar-refractivity contribution in [1.82, 2.24) is 14.5 Å². The van der Waals surface area contributed by atoms with Gasteiger partial charge in [0.2, 0.25) is 0 Å². The van der Waals surface area contributed by atoms with Crippen LogP contribution in [0.3, 0.4) is 0 Å². The lowest BCUT2D eigenvalue weighted by molar-refractivity contribution is 0.775. The van der Waals surface area contributed by atoms with Crippen molar-refractivity contribution in [3.63, 3.8) is 0 Å². The van der Waals surface area contributed by atoms with E-state index in [9.17, 15) is 0 Å². The number of hydrogen-bond donors (Lipinski definition) is 1. The lowest BCUT2D eigenvalue weighted by Gasteiger charge is -2.07. The Labute approximate surface area is 110 Å². The fourth-order valence-corrected chi connectivity index (χ4v) is 2.49. The van der Waals surface area contributed by atoms with Crippen LogP contribution in [0.25, 0.3) is 22.4 Å². The number of para-hydroxylation sites is 2. The second-order valence-electron chi connectivity index (χ2n) is 5.00. The lowest BCUT2D eigenvalue weighted by Crippen LogP contribution is -1.98. The first-order valence-corrected chi connectivity index (χ1v) is 6.52. The summed E-state index contributed by atoms with van der Waals surface area (Å²) in [6.07, 6.45) is 4.26. The summed E-state index contributed by atoms with van der Waals surface area (Å²) in [4.78, 5) is 8.93. The number of fused-ring (bicyclic) bond motifs is 1. The Hall–Kier alpha value is -2.36. The number of nitrogens with zero attached hydrogens (tertiary/aromatic N) is 3. The number of rotatable bonds is 2. The Morgan fingerprint density at radius 1 is 1.11 bits per heavy atom. The number of hydrogen-bond acceptors (Lipinski definition) is 3. The normalized spacial score (nSPS) is 14.9. The number of anilines is 1. The number of nitrogen functional groups attached to an aromatic ring is 1. The SMILES string of the molecule is Nc1ccc(-c2nc3ccccc3n2C2CC2)cn1. The Balaban J connectivity index is 1.98. The van der Waals surface area contributed by atoms with Crippen LogP contribution in [0.5, 0.6) is 0 Å². The highest BCUT2D eigenvalue weighted by molar-refractivity contribution is 5.81. The molecule has 4 nitrogen and oxygen atoms in total. The summed E-state index contributed by atoms with van der Waals surface area (Å²) in [5.74, 6) is 1.54. The zero-order valence-corrected chi connectivity index (χ0v) is 10.5. The topological polar surface area (TPSA) is 56.7 Å². The van der Waals surface area contributed by atoms with Crippen molar-refractivity contribution in [3.05, 3.63) is 42.6 Å². The van der Waals surface area contributed by atoms with Crippen LogP contribution in [-0.2, 0) is 0 Å². The summed E-state index contributed by atoms with van der Waals surface area (Å²) in [6, 6.07) is 12.7. The largest absolute Gasteiger partial charge is 0.384 e. The van der Waals surface area contributed by atoms with E-state index in [1.165, 1.54) is 18.4 Å². The standard InChI is InChI=1S/C15H14N4/c16-14-8-5-10(9-17-14)15-18-12-3-1-2-4-13(12)19(15)11-6-7-11/h1-5,8-9,11H,6-7H2,(H2,16,17). The van der Waals surface area contributed by atoms with Crippen molar-refractivity contribution in [2.45, 2.75) is 18.9 Å². The minimum atomic E-state index is 0.540. The van der Waals surface area contributed by atoms with Crippen molar-refractivity contribution in [2.24, 2.45) is 0 Å². The van der Waals surface area contributed by atoms with Crippen molar-refractivity contribution in [3.8, 4) is 11.4 Å². The highest BCUT2D eigenvalue weighted by Gasteiger charge is 2.28. The van der Waals surface area contributed by atoms with Gasteiger partial charge in [0.25, 0.3) is 0 Å². The van der Waals surface area contributed by atoms with Crippen molar-refractivity contribution >= 4 is 16.9 Å². The van der Waals surface area contributed by atoms with Gasteiger partial charge in [0, 0.05) is 17.8 Å². The maximum atomic E-state index is 5.65. The molecule has 2 N–H and O–H groups in total. The number of nitrogens with two attached hydrogens (primary N) is 1. The zero-order valence-electron chi connectivity index (χ0n) is 10.5. The van der Waals surface area contributed by atoms with E-state index in [1.807, 2.05) is 18.2 Å². The molecule has 19 heavy (non-hydrogen) atoms. The number of imidazole rings is 1. The Morgan fingerprint density at radius 3 is 2.68 bits per heavy atom. The van der Waals surface area contributed by atoms with Gasteiger partial charge in [-0.05, 0) is 37.1 Å². The van der Waals surface area contributed by atoms with Crippen LogP contribution < -0.4 is 5.73 Å². The monoisotopic (exact) mass is 250 g/mol. The highest BCUT2D eigenvalue weighted by Crippen LogP contribution is 2.41. The van der Waals surface area contributed by atoms with E-state index in [4.69, 9.17) is 10.7 Å². The molecule has 0 radical (unpaired) electrons. The fraction of sp³-hybridized carbons (Fsp3) is 0.200. The van der Waals surface area contributed by atoms with Gasteiger partial charge in [0.15, 0.2) is 0 Å². The minimum Gasteiger partial charge on any atom is -0.384 e. The summed E-state index contributed by atoms with van der Waals surface area (Å²) in [5, 5.41) is 0. The lowest BCUT2D eigenvalue weighted by atomic mass is 10.2. The van der Waals surface area contributed by atoms with Crippen LogP contribution in [0.4, 0.5) is 5.82 Å². The average molecular weight is 250 g/mol. The van der Waals surface area contributed by atoms with Crippen molar-refractivity contribution in [2.75, 3.05) is 5.73 Å². The molecule has 0 aliphatic heterocycles. The number of benzene rings is 1. The summed E-state index contributed by atoms with van der Waals surface area (Å²) >= 11 is 0. The molecule has 1 aromatic carbocycles. The third-order valence-electron chi connectivity index (χ3n) is 3.55. The fourth-order valence-electron chi connectivity index (χ4n) is 2.49. The molecular weight excluding hydrogens is 236 g/mol. The summed E-state index contributed by atoms with van der Waals surface area (Å²) in [7, 11) is 0. The van der Waals surface area contributed by atoms with Gasteiger partial charge in [-0.2, -0.15) is 0 Å². The van der Waals surface area contributed by atoms with Crippen LogP contribution in [0.2, 0.25) is 0 Å². The Morgan fingerprint density at radius 2 is 1.95 bits per heavy atom. The van der Waals surface area contributed by atoms with Gasteiger partial charge in [0.05, 0.1) is 11.0 Å². The summed E-state index contributed by atoms with van der Waals surface area (Å²) < 4.78 is 2.34. The molecule has 2 aromatic heterocycles. The van der Waals surface area contributed by atoms with Gasteiger partial charge in [-0.3, -0.25) is 0 Å². The first-order chi connectivity index (χ1) is 9.33. The molecule has 0 amide bonds. The second-order valence-corrected chi connectivity index (χ2v) is 5.00. The molecule has 94 valence electrons. The van der Waals surface area contributed by atoms with Crippen LogP contribution in [-0.4, -0.2) is 14.5 Å². The van der Waals surface area contributed by atoms with Gasteiger partial charge in [-0.1, -0.05) is 12.1 Å². The van der Waals surface area contributed by atoms with E-state index >= 15 is 0 Å². The molecule has 1 aliphatic carbocycles. The predicted molar refractivity (Wildman–Crippen MR) is 75.6 cm³/mol. The van der Waals surface area contributed by atoms with Gasteiger partial charge >= 0.3 is 0 Å². The molecule has 0 bridgehead atoms. The molecule has 0 saturated heterocycles. The van der Waals surface area contributed by atoms with E-state index in [0.717, 1.165) is 16.9 Å². The van der Waals surface area contributed by atoms with Gasteiger partial charge in [-0.15, -0.1) is 0 Å². The smallest absolute Gasteiger partial charge is 0.142 e. The van der Waals surface area contributed by atoms with Crippen LogP contribution >= 0.6 is 0 Å². The van der Waals surface area contributed by atoms with E-state index in [1.54, 1.807) is 6.20 Å². The molecule has 2 heterocycles. The third kappa shape index (κ3) is 1.68. The highest BCUT2D eigenvalue weighted by atomic mass is 15.1. The van der Waals surface area contributed by atoms with E-state index in [0.29, 0.717) is 11.9 Å². The molecule has 0 atom stereocenters. The quantitative estimate of drug-likeness (QED) is 0.760. The molecule has 4 rings (SSSR count). The molecule has 3 aromatic rings. The molecule has 1 fully saturated rings. The first kappa shape index (κ1) is 10.6. The minimum absolute atomic E-state index is 0.540. The number of aromatic nitrogens is 3. The van der Waals surface area contributed by atoms with Gasteiger partial charge in [-0.25, -0.2) is 9.97 Å². The van der Waals surface area contributed by atoms with Crippen molar-refractivity contribution < 1.29 is 0 Å². The Kier molecular flexibility index (Phi) is 2.12. The average Bonchev–Trinajstić information content (AvgIpc) is 3.20. The zero-order chi connectivity index (χ0) is 12.8. The third-order valence-corrected chi connectivity index (χ3v) is 3.55. The van der Waals surface area contributed by atoms with Gasteiger partial charge < -0.3 is 10.3 Å². The van der Waals surface area contributed by atoms with Crippen molar-refractivity contribution in [1.29, 1.82) is 0 Å². The van der Waals surface area contributed by atoms with Crippen LogP contribution in [0.15, 0.2) is 42.6 Å². The second kappa shape index (κ2) is 3.82. The van der Waals surface area contributed by atoms with Crippen LogP contribution in [0.1, 0.15) is 18.9 Å². The van der Waals surface area contributed by atoms with E-state index in [2.05, 4.69) is 27.8 Å². The molecule has 0 spiro atoms. The molecule has 1 aliphatic rings. The maximum Gasteiger partial charge on any atom is 0.142 e. The first-order valence-electron chi connectivity index (χ1n) is 6.52. The van der Waals surface area contributed by atoms with Crippen LogP contribution in [0, 0.1) is 0 Å². The van der Waals surface area contributed by atoms with E-state index in [-0.39, 0.29) is 0 Å². The maximum absolute atomic E-state index is 5.65. The molecule has 1 saturated carbocycles.